The van der Waals surface area contributed by atoms with Crippen molar-refractivity contribution < 1.29 is 14.3 Å². The van der Waals surface area contributed by atoms with Crippen LogP contribution < -0.4 is 10.6 Å². The maximum absolute atomic E-state index is 12.3. The Morgan fingerprint density at radius 1 is 1.34 bits per heavy atom. The molecule has 2 aliphatic rings. The number of alkyl carbamates (subject to hydrolysis) is 1. The van der Waals surface area contributed by atoms with Crippen LogP contribution in [0.15, 0.2) is 22.9 Å². The van der Waals surface area contributed by atoms with Crippen LogP contribution in [0.3, 0.4) is 0 Å². The average Bonchev–Trinajstić information content (AvgIpc) is 3.24. The third-order valence-corrected chi connectivity index (χ3v) is 6.91. The molecule has 0 aromatic carbocycles. The van der Waals surface area contributed by atoms with Crippen LogP contribution in [0.25, 0.3) is 6.08 Å². The highest BCUT2D eigenvalue weighted by Crippen LogP contribution is 2.39. The summed E-state index contributed by atoms with van der Waals surface area (Å²) in [5, 5.41) is 19.8. The summed E-state index contributed by atoms with van der Waals surface area (Å²) < 4.78 is 5.35. The van der Waals surface area contributed by atoms with Gasteiger partial charge in [-0.25, -0.2) is 4.79 Å². The van der Waals surface area contributed by atoms with Crippen LogP contribution in [-0.4, -0.2) is 24.6 Å². The molecule has 0 saturated heterocycles. The van der Waals surface area contributed by atoms with E-state index < -0.39 is 0 Å². The Morgan fingerprint density at radius 3 is 2.93 bits per heavy atom. The minimum atomic E-state index is -0.340. The first-order valence-corrected chi connectivity index (χ1v) is 11.4. The third-order valence-electron chi connectivity index (χ3n) is 5.04. The molecule has 2 heterocycles. The summed E-state index contributed by atoms with van der Waals surface area (Å²) in [4.78, 5) is 25.1. The number of carbonyl (C=O) groups is 2. The molecule has 0 aliphatic heterocycles. The van der Waals surface area contributed by atoms with Gasteiger partial charge in [0.15, 0.2) is 0 Å². The first kappa shape index (κ1) is 19.7. The number of hydrogen-bond acceptors (Lipinski definition) is 6. The molecule has 0 radical (unpaired) electrons. The lowest BCUT2D eigenvalue weighted by Gasteiger charge is -2.21. The minimum absolute atomic E-state index is 0.236. The van der Waals surface area contributed by atoms with Gasteiger partial charge in [0.25, 0.3) is 0 Å². The van der Waals surface area contributed by atoms with Gasteiger partial charge in [0.2, 0.25) is 5.91 Å². The van der Waals surface area contributed by atoms with Gasteiger partial charge in [0.05, 0.1) is 12.2 Å². The SMILES string of the molecule is N#Cc1c(NC(=O)/C=C/c2ccsc2)sc2c1CCC(COC(=O)NC1CC1)C2. The van der Waals surface area contributed by atoms with Crippen LogP contribution in [0.1, 0.15) is 40.8 Å². The normalized spacial score (nSPS) is 18.1. The Bertz CT molecular complexity index is 968. The zero-order valence-electron chi connectivity index (χ0n) is 15.8. The highest BCUT2D eigenvalue weighted by molar-refractivity contribution is 7.16. The molecule has 2 N–H and O–H groups in total. The maximum atomic E-state index is 12.3. The van der Waals surface area contributed by atoms with Crippen molar-refractivity contribution in [3.05, 3.63) is 44.5 Å². The van der Waals surface area contributed by atoms with E-state index in [0.29, 0.717) is 17.2 Å². The Hall–Kier alpha value is -2.63. The highest BCUT2D eigenvalue weighted by Gasteiger charge is 2.28. The molecule has 0 bridgehead atoms. The fraction of sp³-hybridized carbons (Fsp3) is 0.381. The highest BCUT2D eigenvalue weighted by atomic mass is 32.1. The predicted molar refractivity (Wildman–Crippen MR) is 114 cm³/mol. The fourth-order valence-electron chi connectivity index (χ4n) is 3.33. The smallest absolute Gasteiger partial charge is 0.407 e. The van der Waals surface area contributed by atoms with Crippen LogP contribution in [0.4, 0.5) is 9.80 Å². The van der Waals surface area contributed by atoms with Gasteiger partial charge in [-0.1, -0.05) is 0 Å². The van der Waals surface area contributed by atoms with E-state index in [9.17, 15) is 14.9 Å². The summed E-state index contributed by atoms with van der Waals surface area (Å²) in [6.07, 6.45) is 7.34. The lowest BCUT2D eigenvalue weighted by molar-refractivity contribution is -0.111. The number of carbonyl (C=O) groups excluding carboxylic acids is 2. The second kappa shape index (κ2) is 8.80. The summed E-state index contributed by atoms with van der Waals surface area (Å²) >= 11 is 3.03. The number of nitrogens with one attached hydrogen (secondary N) is 2. The third kappa shape index (κ3) is 5.05. The van der Waals surface area contributed by atoms with Gasteiger partial charge in [0.1, 0.15) is 11.1 Å². The van der Waals surface area contributed by atoms with Crippen LogP contribution >= 0.6 is 22.7 Å². The molecule has 1 atom stereocenters. The van der Waals surface area contributed by atoms with E-state index in [0.717, 1.165) is 48.1 Å². The Morgan fingerprint density at radius 2 is 2.21 bits per heavy atom. The van der Waals surface area contributed by atoms with Crippen molar-refractivity contribution in [1.29, 1.82) is 5.26 Å². The molecule has 29 heavy (non-hydrogen) atoms. The van der Waals surface area contributed by atoms with Crippen molar-refractivity contribution in [2.45, 2.75) is 38.1 Å². The molecule has 2 aliphatic carbocycles. The van der Waals surface area contributed by atoms with Crippen molar-refractivity contribution >= 4 is 45.8 Å². The maximum Gasteiger partial charge on any atom is 0.407 e. The van der Waals surface area contributed by atoms with Crippen LogP contribution in [0.5, 0.6) is 0 Å². The molecular weight excluding hydrogens is 406 g/mol. The molecule has 1 unspecified atom stereocenters. The number of rotatable bonds is 6. The molecular formula is C21H21N3O3S2. The van der Waals surface area contributed by atoms with E-state index in [1.54, 1.807) is 17.4 Å². The molecule has 2 aromatic heterocycles. The number of fused-ring (bicyclic) bond motifs is 1. The van der Waals surface area contributed by atoms with Crippen molar-refractivity contribution in [3.8, 4) is 6.07 Å². The largest absolute Gasteiger partial charge is 0.449 e. The number of nitrogens with zero attached hydrogens (tertiary/aromatic N) is 1. The molecule has 8 heteroatoms. The van der Waals surface area contributed by atoms with E-state index in [-0.39, 0.29) is 24.0 Å². The van der Waals surface area contributed by atoms with Gasteiger partial charge in [-0.3, -0.25) is 4.79 Å². The van der Waals surface area contributed by atoms with Gasteiger partial charge < -0.3 is 15.4 Å². The summed E-state index contributed by atoms with van der Waals surface area (Å²) in [6, 6.07) is 4.47. The Balaban J connectivity index is 1.37. The molecule has 2 amide bonds. The van der Waals surface area contributed by atoms with Gasteiger partial charge in [-0.15, -0.1) is 11.3 Å². The summed E-state index contributed by atoms with van der Waals surface area (Å²) in [7, 11) is 0. The fourth-order valence-corrected chi connectivity index (χ4v) is 5.27. The van der Waals surface area contributed by atoms with Gasteiger partial charge in [-0.05, 0) is 72.1 Å². The molecule has 2 aromatic rings. The number of hydrogen-bond donors (Lipinski definition) is 2. The first-order valence-electron chi connectivity index (χ1n) is 9.61. The van der Waals surface area contributed by atoms with Crippen molar-refractivity contribution in [3.63, 3.8) is 0 Å². The standard InChI is InChI=1S/C21H21N3O3S2/c22-10-17-16-5-1-14(11-27-21(26)23-15-3-4-15)9-18(16)29-20(17)24-19(25)6-2-13-7-8-28-12-13/h2,6-8,12,14-15H,1,3-5,9,11H2,(H,23,26)(H,24,25)/b6-2+. The predicted octanol–water partition coefficient (Wildman–Crippen LogP) is 4.33. The number of anilines is 1. The number of nitriles is 1. The zero-order valence-corrected chi connectivity index (χ0v) is 17.4. The van der Waals surface area contributed by atoms with Gasteiger partial charge in [-0.2, -0.15) is 16.6 Å². The van der Waals surface area contributed by atoms with Crippen LogP contribution in [-0.2, 0) is 22.4 Å². The second-order valence-electron chi connectivity index (χ2n) is 7.32. The topological polar surface area (TPSA) is 91.2 Å². The Kier molecular flexibility index (Phi) is 5.97. The average molecular weight is 428 g/mol. The monoisotopic (exact) mass is 427 g/mol. The molecule has 4 rings (SSSR count). The van der Waals surface area contributed by atoms with Crippen molar-refractivity contribution in [1.82, 2.24) is 5.32 Å². The minimum Gasteiger partial charge on any atom is -0.449 e. The number of ether oxygens (including phenoxy) is 1. The molecule has 6 nitrogen and oxygen atoms in total. The first-order chi connectivity index (χ1) is 14.1. The summed E-state index contributed by atoms with van der Waals surface area (Å²) in [5.41, 5.74) is 2.56. The van der Waals surface area contributed by atoms with E-state index in [1.807, 2.05) is 16.8 Å². The van der Waals surface area contributed by atoms with E-state index >= 15 is 0 Å². The Labute approximate surface area is 177 Å². The van der Waals surface area contributed by atoms with E-state index in [2.05, 4.69) is 16.7 Å². The molecule has 1 fully saturated rings. The number of thiophene rings is 2. The molecule has 0 spiro atoms. The van der Waals surface area contributed by atoms with Crippen LogP contribution in [0, 0.1) is 17.2 Å². The molecule has 1 saturated carbocycles. The van der Waals surface area contributed by atoms with Crippen molar-refractivity contribution in [2.75, 3.05) is 11.9 Å². The lowest BCUT2D eigenvalue weighted by atomic mass is 9.88. The van der Waals surface area contributed by atoms with Crippen molar-refractivity contribution in [2.24, 2.45) is 5.92 Å². The molecule has 150 valence electrons. The lowest BCUT2D eigenvalue weighted by Crippen LogP contribution is -2.29. The second-order valence-corrected chi connectivity index (χ2v) is 9.21. The van der Waals surface area contributed by atoms with Crippen LogP contribution in [0.2, 0.25) is 0 Å². The quantitative estimate of drug-likeness (QED) is 0.672. The zero-order chi connectivity index (χ0) is 20.2. The summed E-state index contributed by atoms with van der Waals surface area (Å²) in [5.74, 6) is -0.0115. The number of amides is 2. The van der Waals surface area contributed by atoms with E-state index in [1.165, 1.54) is 17.4 Å². The van der Waals surface area contributed by atoms with Gasteiger partial charge >= 0.3 is 6.09 Å². The summed E-state index contributed by atoms with van der Waals surface area (Å²) in [6.45, 7) is 0.378. The van der Waals surface area contributed by atoms with Gasteiger partial charge in [0, 0.05) is 17.0 Å². The van der Waals surface area contributed by atoms with E-state index in [4.69, 9.17) is 4.74 Å².